The Morgan fingerprint density at radius 2 is 2.04 bits per heavy atom. The van der Waals surface area contributed by atoms with Crippen LogP contribution in [0.2, 0.25) is 5.02 Å². The van der Waals surface area contributed by atoms with Crippen molar-refractivity contribution in [1.29, 1.82) is 0 Å². The molecule has 3 rings (SSSR count). The number of nitrogens with zero attached hydrogens (tertiary/aromatic N) is 3. The molecule has 0 saturated carbocycles. The molecule has 1 saturated heterocycles. The monoisotopic (exact) mass is 404 g/mol. The molecule has 1 fully saturated rings. The minimum atomic E-state index is -0.240. The summed E-state index contributed by atoms with van der Waals surface area (Å²) in [4.78, 5) is 47.7. The lowest BCUT2D eigenvalue weighted by Gasteiger charge is -2.33. The van der Waals surface area contributed by atoms with Gasteiger partial charge in [-0.3, -0.25) is 14.4 Å². The van der Waals surface area contributed by atoms with Gasteiger partial charge in [0.2, 0.25) is 11.8 Å². The average Bonchev–Trinajstić information content (AvgIpc) is 2.67. The van der Waals surface area contributed by atoms with Gasteiger partial charge in [0.25, 0.3) is 5.56 Å². The number of rotatable bonds is 5. The smallest absolute Gasteiger partial charge is 0.258 e. The van der Waals surface area contributed by atoms with E-state index in [0.29, 0.717) is 54.2 Å². The van der Waals surface area contributed by atoms with Crippen LogP contribution in [-0.2, 0) is 16.1 Å². The molecule has 0 atom stereocenters. The number of amides is 2. The molecule has 0 aliphatic carbocycles. The second-order valence-electron chi connectivity index (χ2n) is 7.21. The van der Waals surface area contributed by atoms with Crippen LogP contribution in [0.25, 0.3) is 10.9 Å². The van der Waals surface area contributed by atoms with Crippen molar-refractivity contribution in [2.24, 2.45) is 5.92 Å². The Morgan fingerprint density at radius 3 is 2.68 bits per heavy atom. The Morgan fingerprint density at radius 1 is 1.32 bits per heavy atom. The van der Waals surface area contributed by atoms with Crippen LogP contribution in [0.5, 0.6) is 0 Å². The first-order chi connectivity index (χ1) is 13.4. The first-order valence-electron chi connectivity index (χ1n) is 9.61. The van der Waals surface area contributed by atoms with Crippen LogP contribution in [0.4, 0.5) is 0 Å². The number of hydrogen-bond donors (Lipinski definition) is 1. The van der Waals surface area contributed by atoms with E-state index in [1.165, 1.54) is 0 Å². The van der Waals surface area contributed by atoms with E-state index < -0.39 is 0 Å². The topological polar surface area (TPSA) is 86.4 Å². The fraction of sp³-hybridized carbons (Fsp3) is 0.500. The average molecular weight is 405 g/mol. The zero-order valence-corrected chi connectivity index (χ0v) is 17.0. The highest BCUT2D eigenvalue weighted by Gasteiger charge is 2.29. The van der Waals surface area contributed by atoms with Crippen molar-refractivity contribution >= 4 is 34.3 Å². The fourth-order valence-electron chi connectivity index (χ4n) is 3.65. The summed E-state index contributed by atoms with van der Waals surface area (Å²) in [6, 6.07) is 4.95. The molecule has 2 aromatic rings. The largest absolute Gasteiger partial charge is 0.343 e. The Balaban J connectivity index is 1.77. The molecule has 1 aromatic heterocycles. The van der Waals surface area contributed by atoms with Gasteiger partial charge >= 0.3 is 0 Å². The summed E-state index contributed by atoms with van der Waals surface area (Å²) in [6.45, 7) is 5.61. The summed E-state index contributed by atoms with van der Waals surface area (Å²) in [5, 5.41) is 0.980. The molecule has 1 aromatic carbocycles. The molecular weight excluding hydrogens is 380 g/mol. The molecule has 2 amide bonds. The predicted molar refractivity (Wildman–Crippen MR) is 108 cm³/mol. The summed E-state index contributed by atoms with van der Waals surface area (Å²) in [7, 11) is 0. The van der Waals surface area contributed by atoms with E-state index in [4.69, 9.17) is 11.6 Å². The number of aromatic amines is 1. The van der Waals surface area contributed by atoms with Gasteiger partial charge in [-0.25, -0.2) is 4.98 Å². The first kappa shape index (κ1) is 20.3. The van der Waals surface area contributed by atoms with Gasteiger partial charge in [0.15, 0.2) is 0 Å². The number of carbonyl (C=O) groups is 2. The number of nitrogens with one attached hydrogen (secondary N) is 1. The normalized spacial score (nSPS) is 15.0. The number of benzene rings is 1. The maximum absolute atomic E-state index is 13.1. The van der Waals surface area contributed by atoms with Gasteiger partial charge in [0.05, 0.1) is 17.4 Å². The zero-order chi connectivity index (χ0) is 20.3. The van der Waals surface area contributed by atoms with Crippen molar-refractivity contribution in [3.05, 3.63) is 39.4 Å². The predicted octanol–water partition coefficient (Wildman–Crippen LogP) is 2.57. The number of hydrogen-bond acceptors (Lipinski definition) is 4. The van der Waals surface area contributed by atoms with E-state index in [9.17, 15) is 14.4 Å². The maximum Gasteiger partial charge on any atom is 0.258 e. The third-order valence-electron chi connectivity index (χ3n) is 5.15. The van der Waals surface area contributed by atoms with Gasteiger partial charge < -0.3 is 14.8 Å². The Hall–Kier alpha value is -2.41. The molecule has 0 spiro atoms. The minimum Gasteiger partial charge on any atom is -0.343 e. The Labute approximate surface area is 168 Å². The van der Waals surface area contributed by atoms with Gasteiger partial charge in [0.1, 0.15) is 5.82 Å². The minimum absolute atomic E-state index is 0.0490. The van der Waals surface area contributed by atoms with Crippen LogP contribution in [0, 0.1) is 5.92 Å². The van der Waals surface area contributed by atoms with Crippen molar-refractivity contribution in [1.82, 2.24) is 19.8 Å². The summed E-state index contributed by atoms with van der Waals surface area (Å²) in [5.74, 6) is 0.443. The Kier molecular flexibility index (Phi) is 6.34. The lowest BCUT2D eigenvalue weighted by atomic mass is 9.95. The van der Waals surface area contributed by atoms with E-state index >= 15 is 0 Å². The number of fused-ring (bicyclic) bond motifs is 1. The van der Waals surface area contributed by atoms with Crippen molar-refractivity contribution < 1.29 is 9.59 Å². The maximum atomic E-state index is 13.1. The molecule has 1 aliphatic heterocycles. The second kappa shape index (κ2) is 8.73. The number of halogens is 1. The number of piperidine rings is 1. The second-order valence-corrected chi connectivity index (χ2v) is 7.65. The lowest BCUT2D eigenvalue weighted by molar-refractivity contribution is -0.140. The van der Waals surface area contributed by atoms with Crippen molar-refractivity contribution in [2.75, 3.05) is 19.6 Å². The third-order valence-corrected chi connectivity index (χ3v) is 5.39. The van der Waals surface area contributed by atoms with Crippen molar-refractivity contribution in [3.8, 4) is 0 Å². The van der Waals surface area contributed by atoms with Gasteiger partial charge in [-0.2, -0.15) is 0 Å². The number of aromatic nitrogens is 2. The molecule has 28 heavy (non-hydrogen) atoms. The van der Waals surface area contributed by atoms with Crippen LogP contribution in [-0.4, -0.2) is 51.2 Å². The van der Waals surface area contributed by atoms with E-state index in [1.807, 2.05) is 6.92 Å². The van der Waals surface area contributed by atoms with Crippen LogP contribution >= 0.6 is 11.6 Å². The van der Waals surface area contributed by atoms with Crippen molar-refractivity contribution in [3.63, 3.8) is 0 Å². The van der Waals surface area contributed by atoms with Gasteiger partial charge in [-0.05, 0) is 37.5 Å². The van der Waals surface area contributed by atoms with Gasteiger partial charge in [-0.1, -0.05) is 18.5 Å². The molecule has 150 valence electrons. The standard InChI is InChI=1S/C20H25ClN4O3/c1-3-8-25(20(28)14-6-9-24(10-7-14)13(2)26)12-18-22-17-11-15(21)4-5-16(17)19(27)23-18/h4-5,11,14H,3,6-10,12H2,1-2H3,(H,22,23,27). The first-order valence-corrected chi connectivity index (χ1v) is 9.99. The molecule has 2 heterocycles. The van der Waals surface area contributed by atoms with E-state index in [1.54, 1.807) is 34.9 Å². The van der Waals surface area contributed by atoms with E-state index in [0.717, 1.165) is 6.42 Å². The van der Waals surface area contributed by atoms with Crippen LogP contribution < -0.4 is 5.56 Å². The lowest BCUT2D eigenvalue weighted by Crippen LogP contribution is -2.44. The summed E-state index contributed by atoms with van der Waals surface area (Å²) in [5.41, 5.74) is 0.278. The highest BCUT2D eigenvalue weighted by Crippen LogP contribution is 2.21. The molecule has 0 bridgehead atoms. The van der Waals surface area contributed by atoms with Crippen molar-refractivity contribution in [2.45, 2.75) is 39.7 Å². The fourth-order valence-corrected chi connectivity index (χ4v) is 3.82. The summed E-state index contributed by atoms with van der Waals surface area (Å²) in [6.07, 6.45) is 2.13. The number of carbonyl (C=O) groups excluding carboxylic acids is 2. The van der Waals surface area contributed by atoms with E-state index in [-0.39, 0.29) is 29.8 Å². The number of H-pyrrole nitrogens is 1. The Bertz CT molecular complexity index is 935. The summed E-state index contributed by atoms with van der Waals surface area (Å²) < 4.78 is 0. The van der Waals surface area contributed by atoms with Gasteiger partial charge in [0, 0.05) is 37.5 Å². The van der Waals surface area contributed by atoms with Crippen LogP contribution in [0.1, 0.15) is 38.9 Å². The molecule has 8 heteroatoms. The van der Waals surface area contributed by atoms with Gasteiger partial charge in [-0.15, -0.1) is 0 Å². The quantitative estimate of drug-likeness (QED) is 0.829. The zero-order valence-electron chi connectivity index (χ0n) is 16.2. The highest BCUT2D eigenvalue weighted by molar-refractivity contribution is 6.31. The van der Waals surface area contributed by atoms with Crippen LogP contribution in [0.15, 0.2) is 23.0 Å². The molecule has 7 nitrogen and oxygen atoms in total. The molecule has 0 unspecified atom stereocenters. The molecular formula is C20H25ClN4O3. The van der Waals surface area contributed by atoms with E-state index in [2.05, 4.69) is 9.97 Å². The summed E-state index contributed by atoms with van der Waals surface area (Å²) >= 11 is 6.02. The third kappa shape index (κ3) is 4.52. The number of likely N-dealkylation sites (tertiary alicyclic amines) is 1. The molecule has 0 radical (unpaired) electrons. The molecule has 1 N–H and O–H groups in total. The molecule has 1 aliphatic rings. The SMILES string of the molecule is CCCN(Cc1nc2cc(Cl)ccc2c(=O)[nH]1)C(=O)C1CCN(C(C)=O)CC1. The van der Waals surface area contributed by atoms with Crippen LogP contribution in [0.3, 0.4) is 0 Å². The highest BCUT2D eigenvalue weighted by atomic mass is 35.5.